The lowest BCUT2D eigenvalue weighted by molar-refractivity contribution is 0.0827. The third kappa shape index (κ3) is 3.43. The Bertz CT molecular complexity index is 629. The first-order chi connectivity index (χ1) is 9.47. The number of pyridine rings is 1. The minimum Gasteiger partial charge on any atom is -0.398 e. The Morgan fingerprint density at radius 3 is 2.60 bits per heavy atom. The van der Waals surface area contributed by atoms with Crippen LogP contribution in [-0.4, -0.2) is 29.9 Å². The summed E-state index contributed by atoms with van der Waals surface area (Å²) in [6, 6.07) is 8.87. The Morgan fingerprint density at radius 1 is 1.30 bits per heavy atom. The zero-order valence-corrected chi connectivity index (χ0v) is 12.7. The molecule has 0 radical (unpaired) electrons. The van der Waals surface area contributed by atoms with Gasteiger partial charge in [-0.25, -0.2) is 4.98 Å². The van der Waals surface area contributed by atoms with E-state index in [1.165, 1.54) is 16.7 Å². The number of carbonyl (C=O) groups excluding carboxylic acids is 1. The molecule has 0 fully saturated rings. The molecule has 0 spiro atoms. The van der Waals surface area contributed by atoms with E-state index < -0.39 is 0 Å². The molecule has 1 aromatic heterocycles. The van der Waals surface area contributed by atoms with Crippen molar-refractivity contribution < 1.29 is 4.79 Å². The van der Waals surface area contributed by atoms with Crippen LogP contribution in [-0.2, 0) is 0 Å². The number of benzene rings is 1. The molecule has 1 heterocycles. The van der Waals surface area contributed by atoms with Gasteiger partial charge >= 0.3 is 0 Å². The van der Waals surface area contributed by atoms with Gasteiger partial charge in [0.2, 0.25) is 0 Å². The zero-order valence-electron chi connectivity index (χ0n) is 11.1. The Hall–Kier alpha value is -1.72. The van der Waals surface area contributed by atoms with Gasteiger partial charge in [-0.2, -0.15) is 0 Å². The normalized spacial score (nSPS) is 10.3. The number of aromatic nitrogens is 1. The van der Waals surface area contributed by atoms with E-state index >= 15 is 0 Å². The predicted octanol–water partition coefficient (Wildman–Crippen LogP) is 3.17. The van der Waals surface area contributed by atoms with Crippen LogP contribution in [0.5, 0.6) is 0 Å². The summed E-state index contributed by atoms with van der Waals surface area (Å²) < 4.78 is 0. The van der Waals surface area contributed by atoms with Crippen molar-refractivity contribution in [2.24, 2.45) is 0 Å². The maximum absolute atomic E-state index is 11.8. The number of anilines is 1. The van der Waals surface area contributed by atoms with Gasteiger partial charge in [0.1, 0.15) is 5.03 Å². The van der Waals surface area contributed by atoms with E-state index in [0.29, 0.717) is 16.3 Å². The fourth-order valence-corrected chi connectivity index (χ4v) is 2.46. The molecule has 0 bridgehead atoms. The number of hydrogen-bond acceptors (Lipinski definition) is 4. The van der Waals surface area contributed by atoms with Crippen molar-refractivity contribution in [1.29, 1.82) is 0 Å². The van der Waals surface area contributed by atoms with E-state index in [4.69, 9.17) is 17.3 Å². The number of hydrogen-bond donors (Lipinski definition) is 1. The van der Waals surface area contributed by atoms with E-state index in [-0.39, 0.29) is 5.91 Å². The van der Waals surface area contributed by atoms with Gasteiger partial charge in [-0.05, 0) is 30.3 Å². The molecule has 2 aromatic rings. The molecule has 0 aliphatic heterocycles. The van der Waals surface area contributed by atoms with Crippen molar-refractivity contribution in [1.82, 2.24) is 9.88 Å². The highest BCUT2D eigenvalue weighted by molar-refractivity contribution is 7.99. The second-order valence-corrected chi connectivity index (χ2v) is 5.87. The molecule has 0 saturated heterocycles. The lowest BCUT2D eigenvalue weighted by atomic mass is 10.2. The van der Waals surface area contributed by atoms with Crippen molar-refractivity contribution in [3.05, 3.63) is 47.1 Å². The zero-order chi connectivity index (χ0) is 14.7. The topological polar surface area (TPSA) is 59.2 Å². The summed E-state index contributed by atoms with van der Waals surface area (Å²) in [5.41, 5.74) is 7.12. The van der Waals surface area contributed by atoms with Crippen LogP contribution in [0.15, 0.2) is 46.5 Å². The number of nitrogens with two attached hydrogens (primary N) is 1. The van der Waals surface area contributed by atoms with Crippen molar-refractivity contribution in [2.75, 3.05) is 19.8 Å². The van der Waals surface area contributed by atoms with E-state index in [1.54, 1.807) is 38.5 Å². The van der Waals surface area contributed by atoms with Gasteiger partial charge in [0.15, 0.2) is 0 Å². The summed E-state index contributed by atoms with van der Waals surface area (Å²) in [5, 5.41) is 1.39. The molecular formula is C14H14ClN3OS. The smallest absolute Gasteiger partial charge is 0.253 e. The van der Waals surface area contributed by atoms with E-state index in [2.05, 4.69) is 4.98 Å². The summed E-state index contributed by atoms with van der Waals surface area (Å²) in [5.74, 6) is -0.0714. The first-order valence-corrected chi connectivity index (χ1v) is 7.07. The second-order valence-electron chi connectivity index (χ2n) is 4.37. The SMILES string of the molecule is CN(C)C(=O)c1ccc(Sc2ccc(Cl)cn2)c(N)c1. The Kier molecular flexibility index (Phi) is 4.52. The van der Waals surface area contributed by atoms with Crippen molar-refractivity contribution in [3.8, 4) is 0 Å². The summed E-state index contributed by atoms with van der Waals surface area (Å²) in [6.45, 7) is 0. The van der Waals surface area contributed by atoms with Crippen LogP contribution in [0, 0.1) is 0 Å². The number of halogens is 1. The van der Waals surface area contributed by atoms with E-state index in [0.717, 1.165) is 9.92 Å². The fourth-order valence-electron chi connectivity index (χ4n) is 1.57. The largest absolute Gasteiger partial charge is 0.398 e. The average molecular weight is 308 g/mol. The summed E-state index contributed by atoms with van der Waals surface area (Å²) in [4.78, 5) is 18.4. The molecule has 1 amide bonds. The molecule has 4 nitrogen and oxygen atoms in total. The van der Waals surface area contributed by atoms with E-state index in [9.17, 15) is 4.79 Å². The molecule has 1 aromatic carbocycles. The molecule has 0 atom stereocenters. The molecule has 2 rings (SSSR count). The highest BCUT2D eigenvalue weighted by Crippen LogP contribution is 2.31. The van der Waals surface area contributed by atoms with Crippen LogP contribution < -0.4 is 5.73 Å². The fraction of sp³-hybridized carbons (Fsp3) is 0.143. The maximum Gasteiger partial charge on any atom is 0.253 e. The molecular weight excluding hydrogens is 294 g/mol. The van der Waals surface area contributed by atoms with Crippen molar-refractivity contribution in [2.45, 2.75) is 9.92 Å². The summed E-state index contributed by atoms with van der Waals surface area (Å²) in [7, 11) is 3.41. The Balaban J connectivity index is 2.22. The molecule has 20 heavy (non-hydrogen) atoms. The monoisotopic (exact) mass is 307 g/mol. The van der Waals surface area contributed by atoms with Crippen molar-refractivity contribution >= 4 is 35.0 Å². The predicted molar refractivity (Wildman–Crippen MR) is 82.2 cm³/mol. The van der Waals surface area contributed by atoms with Crippen LogP contribution in [0.4, 0.5) is 5.69 Å². The average Bonchev–Trinajstić information content (AvgIpc) is 2.42. The minimum atomic E-state index is -0.0714. The standard InChI is InChI=1S/C14H14ClN3OS/c1-18(2)14(19)9-3-5-12(11(16)7-9)20-13-6-4-10(15)8-17-13/h3-8H,16H2,1-2H3. The number of nitrogens with zero attached hydrogens (tertiary/aromatic N) is 2. The lowest BCUT2D eigenvalue weighted by Crippen LogP contribution is -2.21. The van der Waals surface area contributed by atoms with Crippen molar-refractivity contribution in [3.63, 3.8) is 0 Å². The third-order valence-corrected chi connectivity index (χ3v) is 3.84. The highest BCUT2D eigenvalue weighted by atomic mass is 35.5. The maximum atomic E-state index is 11.8. The number of amides is 1. The van der Waals surface area contributed by atoms with Crippen LogP contribution in [0.25, 0.3) is 0 Å². The summed E-state index contributed by atoms with van der Waals surface area (Å²) >= 11 is 7.22. The second kappa shape index (κ2) is 6.15. The Labute approximate surface area is 126 Å². The van der Waals surface area contributed by atoms with Crippen LogP contribution in [0.1, 0.15) is 10.4 Å². The van der Waals surface area contributed by atoms with Gasteiger partial charge < -0.3 is 10.6 Å². The molecule has 0 saturated carbocycles. The van der Waals surface area contributed by atoms with E-state index in [1.807, 2.05) is 12.1 Å². The highest BCUT2D eigenvalue weighted by Gasteiger charge is 2.11. The number of rotatable bonds is 3. The lowest BCUT2D eigenvalue weighted by Gasteiger charge is -2.12. The molecule has 0 unspecified atom stereocenters. The van der Waals surface area contributed by atoms with Crippen LogP contribution in [0.2, 0.25) is 5.02 Å². The van der Waals surface area contributed by atoms with Crippen LogP contribution in [0.3, 0.4) is 0 Å². The molecule has 2 N–H and O–H groups in total. The summed E-state index contributed by atoms with van der Waals surface area (Å²) in [6.07, 6.45) is 1.59. The quantitative estimate of drug-likeness (QED) is 0.885. The van der Waals surface area contributed by atoms with Gasteiger partial charge in [0.05, 0.1) is 5.02 Å². The molecule has 0 aliphatic rings. The van der Waals surface area contributed by atoms with Gasteiger partial charge in [0, 0.05) is 36.4 Å². The third-order valence-electron chi connectivity index (χ3n) is 2.58. The number of nitrogen functional groups attached to an aromatic ring is 1. The van der Waals surface area contributed by atoms with Gasteiger partial charge in [-0.1, -0.05) is 23.4 Å². The first-order valence-electron chi connectivity index (χ1n) is 5.88. The Morgan fingerprint density at radius 2 is 2.05 bits per heavy atom. The van der Waals surface area contributed by atoms with Gasteiger partial charge in [-0.15, -0.1) is 0 Å². The first kappa shape index (κ1) is 14.7. The number of carbonyl (C=O) groups is 1. The van der Waals surface area contributed by atoms with Gasteiger partial charge in [-0.3, -0.25) is 4.79 Å². The molecule has 0 aliphatic carbocycles. The molecule has 104 valence electrons. The van der Waals surface area contributed by atoms with Crippen LogP contribution >= 0.6 is 23.4 Å². The van der Waals surface area contributed by atoms with Gasteiger partial charge in [0.25, 0.3) is 5.91 Å². The minimum absolute atomic E-state index is 0.0714. The molecule has 6 heteroatoms.